The number of hydrogen-bond acceptors (Lipinski definition) is 3. The first kappa shape index (κ1) is 14.3. The molecule has 0 aromatic rings. The van der Waals surface area contributed by atoms with E-state index in [1.807, 2.05) is 7.05 Å². The lowest BCUT2D eigenvalue weighted by Crippen LogP contribution is -2.51. The maximum absolute atomic E-state index is 10.4. The number of nitrogens with one attached hydrogen (secondary N) is 1. The normalized spacial score (nSPS) is 35.3. The Kier molecular flexibility index (Phi) is 5.93. The van der Waals surface area contributed by atoms with Crippen molar-refractivity contribution in [3.8, 4) is 0 Å². The second-order valence-corrected chi connectivity index (χ2v) is 6.05. The van der Waals surface area contributed by atoms with Gasteiger partial charge in [-0.15, -0.1) is 0 Å². The number of aliphatic hydroxyl groups excluding tert-OH is 1. The van der Waals surface area contributed by atoms with E-state index in [0.717, 1.165) is 13.0 Å². The molecule has 3 nitrogen and oxygen atoms in total. The molecule has 2 rings (SSSR count). The molecule has 0 aromatic heterocycles. The Morgan fingerprint density at radius 2 is 1.83 bits per heavy atom. The topological polar surface area (TPSA) is 35.5 Å². The molecule has 2 N–H and O–H groups in total. The van der Waals surface area contributed by atoms with Crippen LogP contribution in [0.15, 0.2) is 0 Å². The molecule has 1 heterocycles. The van der Waals surface area contributed by atoms with Gasteiger partial charge in [0.25, 0.3) is 0 Å². The van der Waals surface area contributed by atoms with Crippen LogP contribution in [-0.4, -0.2) is 48.3 Å². The predicted molar refractivity (Wildman–Crippen MR) is 75.8 cm³/mol. The summed E-state index contributed by atoms with van der Waals surface area (Å²) in [5.41, 5.74) is 0. The summed E-state index contributed by atoms with van der Waals surface area (Å²) < 4.78 is 0. The molecule has 0 bridgehead atoms. The zero-order valence-corrected chi connectivity index (χ0v) is 11.9. The molecule has 3 heteroatoms. The van der Waals surface area contributed by atoms with Gasteiger partial charge in [-0.2, -0.15) is 0 Å². The SMILES string of the molecule is CNCCC1CCCCN1C1CCCCCC1O. The third-order valence-corrected chi connectivity index (χ3v) is 4.77. The van der Waals surface area contributed by atoms with Crippen LogP contribution < -0.4 is 5.32 Å². The number of nitrogens with zero attached hydrogens (tertiary/aromatic N) is 1. The van der Waals surface area contributed by atoms with Crippen LogP contribution in [0.25, 0.3) is 0 Å². The fraction of sp³-hybridized carbons (Fsp3) is 1.00. The van der Waals surface area contributed by atoms with Gasteiger partial charge in [-0.25, -0.2) is 0 Å². The summed E-state index contributed by atoms with van der Waals surface area (Å²) >= 11 is 0. The second kappa shape index (κ2) is 7.46. The fourth-order valence-corrected chi connectivity index (χ4v) is 3.74. The number of rotatable bonds is 4. The standard InChI is InChI=1S/C15H30N2O/c1-16-11-10-13-7-5-6-12-17(13)14-8-3-2-4-9-15(14)18/h13-16,18H,2-12H2,1H3. The lowest BCUT2D eigenvalue weighted by atomic mass is 9.93. The Morgan fingerprint density at radius 3 is 2.67 bits per heavy atom. The van der Waals surface area contributed by atoms with Gasteiger partial charge in [0.2, 0.25) is 0 Å². The van der Waals surface area contributed by atoms with Crippen molar-refractivity contribution >= 4 is 0 Å². The summed E-state index contributed by atoms with van der Waals surface area (Å²) in [6.45, 7) is 2.31. The third-order valence-electron chi connectivity index (χ3n) is 4.77. The first-order chi connectivity index (χ1) is 8.83. The van der Waals surface area contributed by atoms with Crippen LogP contribution in [-0.2, 0) is 0 Å². The second-order valence-electron chi connectivity index (χ2n) is 6.05. The molecule has 1 saturated carbocycles. The van der Waals surface area contributed by atoms with Gasteiger partial charge in [0, 0.05) is 12.1 Å². The maximum Gasteiger partial charge on any atom is 0.0695 e. The third kappa shape index (κ3) is 3.69. The van der Waals surface area contributed by atoms with Gasteiger partial charge < -0.3 is 10.4 Å². The monoisotopic (exact) mass is 254 g/mol. The van der Waals surface area contributed by atoms with E-state index in [2.05, 4.69) is 10.2 Å². The first-order valence-corrected chi connectivity index (χ1v) is 7.91. The smallest absolute Gasteiger partial charge is 0.0695 e. The van der Waals surface area contributed by atoms with E-state index < -0.39 is 0 Å². The molecule has 1 aliphatic carbocycles. The molecule has 3 atom stereocenters. The molecule has 0 amide bonds. The van der Waals surface area contributed by atoms with Crippen LogP contribution in [0.3, 0.4) is 0 Å². The van der Waals surface area contributed by atoms with Gasteiger partial charge in [0.1, 0.15) is 0 Å². The number of piperidine rings is 1. The Bertz CT molecular complexity index is 235. The first-order valence-electron chi connectivity index (χ1n) is 7.91. The van der Waals surface area contributed by atoms with Crippen molar-refractivity contribution in [2.45, 2.75) is 76.0 Å². The van der Waals surface area contributed by atoms with Gasteiger partial charge in [0.05, 0.1) is 6.10 Å². The van der Waals surface area contributed by atoms with Crippen LogP contribution >= 0.6 is 0 Å². The van der Waals surface area contributed by atoms with E-state index in [0.29, 0.717) is 12.1 Å². The summed E-state index contributed by atoms with van der Waals surface area (Å²) in [7, 11) is 2.04. The maximum atomic E-state index is 10.4. The highest BCUT2D eigenvalue weighted by atomic mass is 16.3. The number of aliphatic hydroxyl groups is 1. The molecule has 0 radical (unpaired) electrons. The van der Waals surface area contributed by atoms with Crippen LogP contribution in [0.4, 0.5) is 0 Å². The van der Waals surface area contributed by atoms with Gasteiger partial charge in [-0.05, 0) is 52.2 Å². The van der Waals surface area contributed by atoms with Crippen molar-refractivity contribution in [3.63, 3.8) is 0 Å². The lowest BCUT2D eigenvalue weighted by Gasteiger charge is -2.43. The molecule has 2 fully saturated rings. The average molecular weight is 254 g/mol. The zero-order valence-electron chi connectivity index (χ0n) is 11.9. The Morgan fingerprint density at radius 1 is 1.06 bits per heavy atom. The van der Waals surface area contributed by atoms with E-state index in [9.17, 15) is 5.11 Å². The zero-order chi connectivity index (χ0) is 12.8. The summed E-state index contributed by atoms with van der Waals surface area (Å²) in [6.07, 6.45) is 11.2. The van der Waals surface area contributed by atoms with Crippen molar-refractivity contribution < 1.29 is 5.11 Å². The molecule has 1 saturated heterocycles. The highest BCUT2D eigenvalue weighted by Gasteiger charge is 2.33. The molecular formula is C15H30N2O. The average Bonchev–Trinajstić information content (AvgIpc) is 2.61. The van der Waals surface area contributed by atoms with Crippen LogP contribution in [0.2, 0.25) is 0 Å². The lowest BCUT2D eigenvalue weighted by molar-refractivity contribution is 0.00195. The van der Waals surface area contributed by atoms with Gasteiger partial charge in [-0.1, -0.05) is 25.7 Å². The minimum atomic E-state index is -0.0808. The largest absolute Gasteiger partial charge is 0.391 e. The highest BCUT2D eigenvalue weighted by molar-refractivity contribution is 4.88. The van der Waals surface area contributed by atoms with Crippen molar-refractivity contribution in [2.24, 2.45) is 0 Å². The van der Waals surface area contributed by atoms with Gasteiger partial charge in [0.15, 0.2) is 0 Å². The van der Waals surface area contributed by atoms with Crippen molar-refractivity contribution in [1.29, 1.82) is 0 Å². The molecule has 18 heavy (non-hydrogen) atoms. The summed E-state index contributed by atoms with van der Waals surface area (Å²) in [4.78, 5) is 2.65. The molecule has 106 valence electrons. The number of likely N-dealkylation sites (tertiary alicyclic amines) is 1. The summed E-state index contributed by atoms with van der Waals surface area (Å²) in [5, 5.41) is 13.7. The summed E-state index contributed by atoms with van der Waals surface area (Å²) in [6, 6.07) is 1.14. The van der Waals surface area contributed by atoms with E-state index in [1.54, 1.807) is 0 Å². The Balaban J connectivity index is 1.97. The Labute approximate surface area is 112 Å². The highest BCUT2D eigenvalue weighted by Crippen LogP contribution is 2.29. The van der Waals surface area contributed by atoms with Crippen molar-refractivity contribution in [1.82, 2.24) is 10.2 Å². The van der Waals surface area contributed by atoms with E-state index in [4.69, 9.17) is 0 Å². The van der Waals surface area contributed by atoms with Crippen molar-refractivity contribution in [2.75, 3.05) is 20.1 Å². The van der Waals surface area contributed by atoms with Crippen molar-refractivity contribution in [3.05, 3.63) is 0 Å². The minimum Gasteiger partial charge on any atom is -0.391 e. The minimum absolute atomic E-state index is 0.0808. The van der Waals surface area contributed by atoms with Gasteiger partial charge in [-0.3, -0.25) is 4.90 Å². The quantitative estimate of drug-likeness (QED) is 0.755. The molecule has 1 aliphatic heterocycles. The van der Waals surface area contributed by atoms with E-state index >= 15 is 0 Å². The fourth-order valence-electron chi connectivity index (χ4n) is 3.74. The number of hydrogen-bond donors (Lipinski definition) is 2. The molecule has 3 unspecified atom stereocenters. The van der Waals surface area contributed by atoms with E-state index in [1.165, 1.54) is 57.9 Å². The predicted octanol–water partition coefficient (Wildman–Crippen LogP) is 2.14. The van der Waals surface area contributed by atoms with Gasteiger partial charge >= 0.3 is 0 Å². The molecule has 2 aliphatic rings. The summed E-state index contributed by atoms with van der Waals surface area (Å²) in [5.74, 6) is 0. The van der Waals surface area contributed by atoms with E-state index in [-0.39, 0.29) is 6.10 Å². The molecular weight excluding hydrogens is 224 g/mol. The van der Waals surface area contributed by atoms with Crippen LogP contribution in [0.5, 0.6) is 0 Å². The Hall–Kier alpha value is -0.120. The van der Waals surface area contributed by atoms with Crippen LogP contribution in [0, 0.1) is 0 Å². The molecule has 0 spiro atoms. The molecule has 0 aromatic carbocycles. The van der Waals surface area contributed by atoms with Crippen LogP contribution in [0.1, 0.15) is 57.8 Å².